The van der Waals surface area contributed by atoms with Crippen molar-refractivity contribution in [1.82, 2.24) is 9.27 Å². The Bertz CT molecular complexity index is 1380. The van der Waals surface area contributed by atoms with Gasteiger partial charge in [-0.1, -0.05) is 42.5 Å². The van der Waals surface area contributed by atoms with Crippen LogP contribution in [0.5, 0.6) is 0 Å². The van der Waals surface area contributed by atoms with Crippen LogP contribution in [-0.2, 0) is 16.4 Å². The molecule has 6 nitrogen and oxygen atoms in total. The highest BCUT2D eigenvalue weighted by molar-refractivity contribution is 7.92. The van der Waals surface area contributed by atoms with E-state index in [9.17, 15) is 8.42 Å². The maximum Gasteiger partial charge on any atom is 0.261 e. The number of benzene rings is 3. The maximum atomic E-state index is 12.6. The van der Waals surface area contributed by atoms with E-state index in [1.807, 2.05) is 19.1 Å². The normalized spacial score (nSPS) is 15.0. The number of piperazine rings is 1. The molecule has 0 saturated carbocycles. The second-order valence-electron chi connectivity index (χ2n) is 8.65. The van der Waals surface area contributed by atoms with Crippen LogP contribution >= 0.6 is 11.5 Å². The van der Waals surface area contributed by atoms with Gasteiger partial charge in [-0.15, -0.1) is 0 Å². The van der Waals surface area contributed by atoms with Gasteiger partial charge in [0.25, 0.3) is 10.0 Å². The monoisotopic (exact) mass is 492 g/mol. The SMILES string of the molecule is Cc1cc(CCN2CCN(c3nsc4ccccc34)CC2)ccc1NS(=O)(=O)c1ccccc1. The highest BCUT2D eigenvalue weighted by Crippen LogP contribution is 2.30. The lowest BCUT2D eigenvalue weighted by Crippen LogP contribution is -2.47. The first-order valence-electron chi connectivity index (χ1n) is 11.5. The Morgan fingerprint density at radius 3 is 2.44 bits per heavy atom. The molecule has 5 rings (SSSR count). The van der Waals surface area contributed by atoms with Crippen molar-refractivity contribution in [1.29, 1.82) is 0 Å². The summed E-state index contributed by atoms with van der Waals surface area (Å²) in [6.07, 6.45) is 0.937. The van der Waals surface area contributed by atoms with Gasteiger partial charge in [-0.25, -0.2) is 8.42 Å². The molecule has 0 unspecified atom stereocenters. The molecule has 0 amide bonds. The average Bonchev–Trinajstić information content (AvgIpc) is 3.29. The van der Waals surface area contributed by atoms with Gasteiger partial charge in [-0.05, 0) is 66.3 Å². The summed E-state index contributed by atoms with van der Waals surface area (Å²) in [6, 6.07) is 22.9. The summed E-state index contributed by atoms with van der Waals surface area (Å²) in [5.74, 6) is 1.12. The minimum atomic E-state index is -3.58. The predicted molar refractivity (Wildman–Crippen MR) is 140 cm³/mol. The van der Waals surface area contributed by atoms with E-state index >= 15 is 0 Å². The molecule has 8 heteroatoms. The van der Waals surface area contributed by atoms with E-state index in [0.717, 1.165) is 50.5 Å². The Balaban J connectivity index is 1.16. The van der Waals surface area contributed by atoms with Crippen molar-refractivity contribution in [3.63, 3.8) is 0 Å². The van der Waals surface area contributed by atoms with Crippen LogP contribution in [0.3, 0.4) is 0 Å². The highest BCUT2D eigenvalue weighted by Gasteiger charge is 2.21. The lowest BCUT2D eigenvalue weighted by molar-refractivity contribution is 0.261. The molecular formula is C26H28N4O2S2. The van der Waals surface area contributed by atoms with Crippen molar-refractivity contribution < 1.29 is 8.42 Å². The molecule has 1 aliphatic heterocycles. The molecule has 1 aromatic heterocycles. The lowest BCUT2D eigenvalue weighted by atomic mass is 10.1. The molecule has 4 aromatic rings. The van der Waals surface area contributed by atoms with E-state index in [2.05, 4.69) is 44.9 Å². The van der Waals surface area contributed by atoms with Crippen LogP contribution in [0.15, 0.2) is 77.7 Å². The minimum absolute atomic E-state index is 0.267. The summed E-state index contributed by atoms with van der Waals surface area (Å²) in [4.78, 5) is 5.16. The number of nitrogens with one attached hydrogen (secondary N) is 1. The first-order valence-corrected chi connectivity index (χ1v) is 13.7. The smallest absolute Gasteiger partial charge is 0.261 e. The number of aromatic nitrogens is 1. The van der Waals surface area contributed by atoms with E-state index in [0.29, 0.717) is 5.69 Å². The van der Waals surface area contributed by atoms with Crippen LogP contribution < -0.4 is 9.62 Å². The van der Waals surface area contributed by atoms with Crippen molar-refractivity contribution in [2.45, 2.75) is 18.2 Å². The predicted octanol–water partition coefficient (Wildman–Crippen LogP) is 4.77. The third-order valence-corrected chi connectivity index (χ3v) is 8.53. The Morgan fingerprint density at radius 1 is 0.941 bits per heavy atom. The van der Waals surface area contributed by atoms with Gasteiger partial charge in [0.2, 0.25) is 0 Å². The molecule has 0 spiro atoms. The Labute approximate surface area is 205 Å². The van der Waals surface area contributed by atoms with E-state index in [1.165, 1.54) is 15.6 Å². The molecular weight excluding hydrogens is 464 g/mol. The summed E-state index contributed by atoms with van der Waals surface area (Å²) in [6.45, 7) is 6.92. The van der Waals surface area contributed by atoms with Gasteiger partial charge in [0.15, 0.2) is 0 Å². The van der Waals surface area contributed by atoms with Crippen molar-refractivity contribution >= 4 is 43.1 Å². The first-order chi connectivity index (χ1) is 16.5. The molecule has 34 heavy (non-hydrogen) atoms. The zero-order valence-corrected chi connectivity index (χ0v) is 20.8. The molecule has 1 saturated heterocycles. The van der Waals surface area contributed by atoms with Crippen molar-refractivity contribution in [3.05, 3.63) is 83.9 Å². The van der Waals surface area contributed by atoms with E-state index in [-0.39, 0.29) is 4.90 Å². The average molecular weight is 493 g/mol. The lowest BCUT2D eigenvalue weighted by Gasteiger charge is -2.35. The molecule has 0 aliphatic carbocycles. The van der Waals surface area contributed by atoms with Crippen molar-refractivity contribution in [2.24, 2.45) is 0 Å². The van der Waals surface area contributed by atoms with Gasteiger partial charge < -0.3 is 4.90 Å². The van der Waals surface area contributed by atoms with Crippen LogP contribution in [0, 0.1) is 6.92 Å². The summed E-state index contributed by atoms with van der Waals surface area (Å²) in [5, 5.41) is 1.25. The largest absolute Gasteiger partial charge is 0.353 e. The van der Waals surface area contributed by atoms with Crippen LogP contribution in [0.25, 0.3) is 10.1 Å². The third kappa shape index (κ3) is 4.94. The Hall–Kier alpha value is -2.94. The molecule has 0 radical (unpaired) electrons. The fraction of sp³-hybridized carbons (Fsp3) is 0.269. The van der Waals surface area contributed by atoms with E-state index in [1.54, 1.807) is 41.9 Å². The summed E-state index contributed by atoms with van der Waals surface area (Å²) in [5.41, 5.74) is 2.77. The van der Waals surface area contributed by atoms with E-state index in [4.69, 9.17) is 4.37 Å². The molecule has 0 bridgehead atoms. The van der Waals surface area contributed by atoms with Crippen LogP contribution in [0.4, 0.5) is 11.5 Å². The van der Waals surface area contributed by atoms with Gasteiger partial charge >= 0.3 is 0 Å². The fourth-order valence-electron chi connectivity index (χ4n) is 4.37. The van der Waals surface area contributed by atoms with E-state index < -0.39 is 10.0 Å². The second kappa shape index (κ2) is 9.74. The van der Waals surface area contributed by atoms with Gasteiger partial charge in [0.1, 0.15) is 5.82 Å². The standard InChI is InChI=1S/C26H28N4O2S2/c1-20-19-21(11-12-24(20)28-34(31,32)22-7-3-2-4-8-22)13-14-29-15-17-30(18-16-29)26-23-9-5-6-10-25(23)33-27-26/h2-12,19,28H,13-18H2,1H3. The molecule has 176 valence electrons. The highest BCUT2D eigenvalue weighted by atomic mass is 32.2. The number of aryl methyl sites for hydroxylation is 1. The van der Waals surface area contributed by atoms with Gasteiger partial charge in [-0.3, -0.25) is 9.62 Å². The van der Waals surface area contributed by atoms with Crippen molar-refractivity contribution in [3.8, 4) is 0 Å². The van der Waals surface area contributed by atoms with Crippen LogP contribution in [0.2, 0.25) is 0 Å². The zero-order chi connectivity index (χ0) is 23.5. The van der Waals surface area contributed by atoms with Crippen LogP contribution in [-0.4, -0.2) is 50.4 Å². The number of hydrogen-bond acceptors (Lipinski definition) is 6. The summed E-state index contributed by atoms with van der Waals surface area (Å²) < 4.78 is 33.9. The van der Waals surface area contributed by atoms with Gasteiger partial charge in [-0.2, -0.15) is 4.37 Å². The summed E-state index contributed by atoms with van der Waals surface area (Å²) >= 11 is 1.57. The Morgan fingerprint density at radius 2 is 1.68 bits per heavy atom. The van der Waals surface area contributed by atoms with Gasteiger partial charge in [0.05, 0.1) is 15.3 Å². The minimum Gasteiger partial charge on any atom is -0.353 e. The molecule has 1 fully saturated rings. The number of anilines is 2. The summed E-state index contributed by atoms with van der Waals surface area (Å²) in [7, 11) is -3.58. The molecule has 1 aliphatic rings. The third-order valence-electron chi connectivity index (χ3n) is 6.34. The quantitative estimate of drug-likeness (QED) is 0.403. The van der Waals surface area contributed by atoms with Crippen LogP contribution in [0.1, 0.15) is 11.1 Å². The van der Waals surface area contributed by atoms with Gasteiger partial charge in [0, 0.05) is 38.1 Å². The maximum absolute atomic E-state index is 12.6. The second-order valence-corrected chi connectivity index (χ2v) is 11.1. The first kappa shape index (κ1) is 22.8. The fourth-order valence-corrected chi connectivity index (χ4v) is 6.32. The molecule has 0 atom stereocenters. The van der Waals surface area contributed by atoms with Crippen molar-refractivity contribution in [2.75, 3.05) is 42.3 Å². The molecule has 1 N–H and O–H groups in total. The Kier molecular flexibility index (Phi) is 6.54. The number of nitrogens with zero attached hydrogens (tertiary/aromatic N) is 3. The number of rotatable bonds is 7. The number of hydrogen-bond donors (Lipinski definition) is 1. The number of sulfonamides is 1. The number of fused-ring (bicyclic) bond motifs is 1. The molecule has 2 heterocycles. The molecule has 3 aromatic carbocycles. The zero-order valence-electron chi connectivity index (χ0n) is 19.1. The topological polar surface area (TPSA) is 65.5 Å².